The molecular formula is C13H14FN3O2S2. The Kier molecular flexibility index (Phi) is 3.68. The monoisotopic (exact) mass is 327 g/mol. The second-order valence-electron chi connectivity index (χ2n) is 4.91. The predicted molar refractivity (Wildman–Crippen MR) is 79.2 cm³/mol. The third-order valence-corrected chi connectivity index (χ3v) is 5.60. The number of aromatic nitrogens is 1. The molecule has 1 aromatic carbocycles. The van der Waals surface area contributed by atoms with Gasteiger partial charge < -0.3 is 5.73 Å². The van der Waals surface area contributed by atoms with Crippen LogP contribution in [0.5, 0.6) is 0 Å². The van der Waals surface area contributed by atoms with Gasteiger partial charge in [0.05, 0.1) is 10.6 Å². The molecule has 0 saturated heterocycles. The van der Waals surface area contributed by atoms with Crippen molar-refractivity contribution in [2.45, 2.75) is 30.2 Å². The molecule has 1 aliphatic carbocycles. The largest absolute Gasteiger partial charge is 0.326 e. The van der Waals surface area contributed by atoms with Gasteiger partial charge in [0.1, 0.15) is 5.82 Å². The average molecular weight is 327 g/mol. The second kappa shape index (κ2) is 5.36. The second-order valence-corrected chi connectivity index (χ2v) is 7.42. The van der Waals surface area contributed by atoms with E-state index in [2.05, 4.69) is 9.71 Å². The summed E-state index contributed by atoms with van der Waals surface area (Å²) in [4.78, 5) is 4.12. The summed E-state index contributed by atoms with van der Waals surface area (Å²) in [7, 11) is -3.89. The van der Waals surface area contributed by atoms with Crippen LogP contribution in [0.3, 0.4) is 0 Å². The minimum Gasteiger partial charge on any atom is -0.326 e. The zero-order valence-corrected chi connectivity index (χ0v) is 12.7. The van der Waals surface area contributed by atoms with Crippen LogP contribution in [0.2, 0.25) is 0 Å². The van der Waals surface area contributed by atoms with Crippen molar-refractivity contribution in [1.29, 1.82) is 0 Å². The Hall–Kier alpha value is -1.51. The molecule has 0 amide bonds. The zero-order chi connectivity index (χ0) is 15.0. The number of thiazole rings is 1. The normalized spacial score (nSPS) is 15.1. The molecule has 0 atom stereocenters. The van der Waals surface area contributed by atoms with E-state index in [1.54, 1.807) is 0 Å². The topological polar surface area (TPSA) is 85.1 Å². The van der Waals surface area contributed by atoms with Crippen LogP contribution in [0.4, 0.5) is 9.52 Å². The summed E-state index contributed by atoms with van der Waals surface area (Å²) < 4.78 is 40.4. The summed E-state index contributed by atoms with van der Waals surface area (Å²) in [5.74, 6) is -0.168. The van der Waals surface area contributed by atoms with Crippen molar-refractivity contribution in [1.82, 2.24) is 4.98 Å². The van der Waals surface area contributed by atoms with E-state index in [0.717, 1.165) is 24.6 Å². The molecule has 5 nitrogen and oxygen atoms in total. The maximum absolute atomic E-state index is 13.3. The Morgan fingerprint density at radius 2 is 2.19 bits per heavy atom. The first kappa shape index (κ1) is 14.4. The van der Waals surface area contributed by atoms with Gasteiger partial charge in [0.15, 0.2) is 5.13 Å². The van der Waals surface area contributed by atoms with Crippen molar-refractivity contribution < 1.29 is 12.8 Å². The van der Waals surface area contributed by atoms with E-state index in [4.69, 9.17) is 5.73 Å². The molecule has 1 aromatic heterocycles. The van der Waals surface area contributed by atoms with Crippen molar-refractivity contribution >= 4 is 26.5 Å². The van der Waals surface area contributed by atoms with Crippen LogP contribution in [0.25, 0.3) is 0 Å². The van der Waals surface area contributed by atoms with Gasteiger partial charge in [0, 0.05) is 17.8 Å². The number of rotatable bonds is 5. The highest BCUT2D eigenvalue weighted by molar-refractivity contribution is 7.93. The summed E-state index contributed by atoms with van der Waals surface area (Å²) in [6, 6.07) is 3.54. The molecule has 1 aliphatic rings. The molecule has 1 fully saturated rings. The van der Waals surface area contributed by atoms with Gasteiger partial charge in [0.2, 0.25) is 0 Å². The van der Waals surface area contributed by atoms with Crippen LogP contribution in [-0.2, 0) is 16.6 Å². The Morgan fingerprint density at radius 3 is 2.86 bits per heavy atom. The van der Waals surface area contributed by atoms with Gasteiger partial charge in [-0.2, -0.15) is 0 Å². The van der Waals surface area contributed by atoms with Gasteiger partial charge in [-0.15, -0.1) is 11.3 Å². The van der Waals surface area contributed by atoms with Gasteiger partial charge in [-0.25, -0.2) is 17.8 Å². The van der Waals surface area contributed by atoms with Crippen LogP contribution in [0, 0.1) is 5.82 Å². The zero-order valence-electron chi connectivity index (χ0n) is 11.0. The Balaban J connectivity index is 1.90. The summed E-state index contributed by atoms with van der Waals surface area (Å²) in [6.07, 6.45) is 2.19. The van der Waals surface area contributed by atoms with E-state index in [9.17, 15) is 12.8 Å². The molecule has 1 heterocycles. The number of nitrogens with two attached hydrogens (primary N) is 1. The molecule has 8 heteroatoms. The number of nitrogens with one attached hydrogen (secondary N) is 1. The maximum Gasteiger partial charge on any atom is 0.264 e. The van der Waals surface area contributed by atoms with Gasteiger partial charge in [0.25, 0.3) is 10.0 Å². The molecule has 3 N–H and O–H groups in total. The number of hydrogen-bond donors (Lipinski definition) is 2. The van der Waals surface area contributed by atoms with Crippen molar-refractivity contribution in [2.75, 3.05) is 4.72 Å². The highest BCUT2D eigenvalue weighted by atomic mass is 32.2. The molecule has 0 bridgehead atoms. The maximum atomic E-state index is 13.3. The first-order valence-corrected chi connectivity index (χ1v) is 8.82. The number of anilines is 1. The van der Waals surface area contributed by atoms with Gasteiger partial charge in [-0.3, -0.25) is 4.72 Å². The average Bonchev–Trinajstić information content (AvgIpc) is 3.20. The van der Waals surface area contributed by atoms with Crippen LogP contribution in [0.1, 0.15) is 30.0 Å². The SMILES string of the molecule is NCc1ccc(F)cc1S(=O)(=O)Nc1nc(C2CC2)cs1. The highest BCUT2D eigenvalue weighted by Crippen LogP contribution is 2.41. The van der Waals surface area contributed by atoms with Gasteiger partial charge in [-0.05, 0) is 30.5 Å². The van der Waals surface area contributed by atoms with Crippen molar-refractivity contribution in [2.24, 2.45) is 5.73 Å². The van der Waals surface area contributed by atoms with Gasteiger partial charge in [-0.1, -0.05) is 6.07 Å². The van der Waals surface area contributed by atoms with Crippen molar-refractivity contribution in [3.05, 3.63) is 40.7 Å². The fourth-order valence-electron chi connectivity index (χ4n) is 2.02. The minimum atomic E-state index is -3.89. The van der Waals surface area contributed by atoms with Crippen molar-refractivity contribution in [3.8, 4) is 0 Å². The molecule has 2 aromatic rings. The van der Waals surface area contributed by atoms with E-state index in [1.807, 2.05) is 5.38 Å². The molecule has 3 rings (SSSR count). The lowest BCUT2D eigenvalue weighted by molar-refractivity contribution is 0.593. The lowest BCUT2D eigenvalue weighted by Crippen LogP contribution is -2.16. The Labute approximate surface area is 126 Å². The fourth-order valence-corrected chi connectivity index (χ4v) is 4.32. The van der Waals surface area contributed by atoms with E-state index in [-0.39, 0.29) is 11.4 Å². The summed E-state index contributed by atoms with van der Waals surface area (Å²) in [5, 5.41) is 2.15. The lowest BCUT2D eigenvalue weighted by Gasteiger charge is -2.09. The molecular weight excluding hydrogens is 313 g/mol. The number of sulfonamides is 1. The van der Waals surface area contributed by atoms with Crippen LogP contribution in [-0.4, -0.2) is 13.4 Å². The Morgan fingerprint density at radius 1 is 1.43 bits per heavy atom. The minimum absolute atomic E-state index is 0.0156. The van der Waals surface area contributed by atoms with Crippen molar-refractivity contribution in [3.63, 3.8) is 0 Å². The highest BCUT2D eigenvalue weighted by Gasteiger charge is 2.27. The number of nitrogens with zero attached hydrogens (tertiary/aromatic N) is 1. The molecule has 0 unspecified atom stereocenters. The molecule has 0 radical (unpaired) electrons. The number of hydrogen-bond acceptors (Lipinski definition) is 5. The van der Waals surface area contributed by atoms with E-state index >= 15 is 0 Å². The molecule has 112 valence electrons. The van der Waals surface area contributed by atoms with Gasteiger partial charge >= 0.3 is 0 Å². The van der Waals surface area contributed by atoms with Crippen LogP contribution in [0.15, 0.2) is 28.5 Å². The Bertz CT molecular complexity index is 769. The third-order valence-electron chi connectivity index (χ3n) is 3.28. The quantitative estimate of drug-likeness (QED) is 0.883. The summed E-state index contributed by atoms with van der Waals surface area (Å²) in [5.41, 5.74) is 6.79. The summed E-state index contributed by atoms with van der Waals surface area (Å²) >= 11 is 1.23. The fraction of sp³-hybridized carbons (Fsp3) is 0.308. The molecule has 0 aliphatic heterocycles. The molecule has 0 spiro atoms. The lowest BCUT2D eigenvalue weighted by atomic mass is 10.2. The third kappa shape index (κ3) is 3.07. The van der Waals surface area contributed by atoms with E-state index in [1.165, 1.54) is 23.5 Å². The summed E-state index contributed by atoms with van der Waals surface area (Å²) in [6.45, 7) is 0.0156. The smallest absolute Gasteiger partial charge is 0.264 e. The predicted octanol–water partition coefficient (Wildman–Crippen LogP) is 2.42. The first-order valence-electron chi connectivity index (χ1n) is 6.46. The number of benzene rings is 1. The van der Waals surface area contributed by atoms with Crippen LogP contribution < -0.4 is 10.5 Å². The molecule has 21 heavy (non-hydrogen) atoms. The van der Waals surface area contributed by atoms with E-state index < -0.39 is 15.8 Å². The molecule has 1 saturated carbocycles. The van der Waals surface area contributed by atoms with Crippen LogP contribution >= 0.6 is 11.3 Å². The standard InChI is InChI=1S/C13H14FN3O2S2/c14-10-4-3-9(6-15)12(5-10)21(18,19)17-13-16-11(7-20-13)8-1-2-8/h3-5,7-8H,1-2,6,15H2,(H,16,17). The number of halogens is 1. The first-order chi connectivity index (χ1) is 9.99. The van der Waals surface area contributed by atoms with E-state index in [0.29, 0.717) is 16.6 Å².